The lowest BCUT2D eigenvalue weighted by Gasteiger charge is -2.23. The zero-order chi connectivity index (χ0) is 17.3. The van der Waals surface area contributed by atoms with E-state index in [1.807, 2.05) is 0 Å². The number of halogens is 2. The van der Waals surface area contributed by atoms with E-state index in [9.17, 15) is 26.8 Å². The maximum atomic E-state index is 13.4. The topological polar surface area (TPSA) is 92.3 Å². The molecule has 0 radical (unpaired) electrons. The molecule has 1 heterocycles. The lowest BCUT2D eigenvalue weighted by atomic mass is 10.0. The van der Waals surface area contributed by atoms with Gasteiger partial charge in [-0.2, -0.15) is 0 Å². The van der Waals surface area contributed by atoms with Gasteiger partial charge in [-0.1, -0.05) is 0 Å². The number of hydrogen-bond donors (Lipinski definition) is 2. The standard InChI is InChI=1S/C14H16F2N2O4S/c1-14(4-5-23(21,22)8-14)18-12(19)7-17-13(20)10-3-2-9(15)6-11(10)16/h2-3,6H,4-5,7-8H2,1H3,(H,17,20)(H,18,19). The van der Waals surface area contributed by atoms with E-state index in [1.54, 1.807) is 6.92 Å². The van der Waals surface area contributed by atoms with E-state index in [-0.39, 0.29) is 17.1 Å². The van der Waals surface area contributed by atoms with Crippen molar-refractivity contribution in [2.24, 2.45) is 0 Å². The fourth-order valence-corrected chi connectivity index (χ4v) is 4.51. The third-order valence-electron chi connectivity index (χ3n) is 3.53. The largest absolute Gasteiger partial charge is 0.348 e. The Kier molecular flexibility index (Phi) is 4.69. The minimum atomic E-state index is -3.17. The molecule has 1 aliphatic heterocycles. The molecule has 6 nitrogen and oxygen atoms in total. The van der Waals surface area contributed by atoms with Crippen LogP contribution in [0.3, 0.4) is 0 Å². The van der Waals surface area contributed by atoms with Crippen molar-refractivity contribution in [1.82, 2.24) is 10.6 Å². The number of hydrogen-bond acceptors (Lipinski definition) is 4. The van der Waals surface area contributed by atoms with Gasteiger partial charge in [0.1, 0.15) is 11.6 Å². The van der Waals surface area contributed by atoms with Crippen LogP contribution in [0.15, 0.2) is 18.2 Å². The molecule has 0 spiro atoms. The first-order valence-electron chi connectivity index (χ1n) is 6.85. The van der Waals surface area contributed by atoms with Crippen LogP contribution in [-0.2, 0) is 14.6 Å². The van der Waals surface area contributed by atoms with Crippen molar-refractivity contribution < 1.29 is 26.8 Å². The third-order valence-corrected chi connectivity index (χ3v) is 5.43. The Morgan fingerprint density at radius 3 is 2.57 bits per heavy atom. The van der Waals surface area contributed by atoms with Crippen molar-refractivity contribution in [3.8, 4) is 0 Å². The highest BCUT2D eigenvalue weighted by Crippen LogP contribution is 2.22. The molecule has 126 valence electrons. The van der Waals surface area contributed by atoms with Crippen LogP contribution in [0.1, 0.15) is 23.7 Å². The Hall–Kier alpha value is -2.03. The molecule has 23 heavy (non-hydrogen) atoms. The molecule has 1 aromatic rings. The maximum Gasteiger partial charge on any atom is 0.254 e. The van der Waals surface area contributed by atoms with Gasteiger partial charge >= 0.3 is 0 Å². The van der Waals surface area contributed by atoms with Crippen molar-refractivity contribution in [2.75, 3.05) is 18.1 Å². The molecule has 0 saturated carbocycles. The molecule has 1 fully saturated rings. The second-order valence-electron chi connectivity index (χ2n) is 5.76. The summed E-state index contributed by atoms with van der Waals surface area (Å²) in [5, 5.41) is 4.76. The van der Waals surface area contributed by atoms with Crippen LogP contribution in [0.2, 0.25) is 0 Å². The summed E-state index contributed by atoms with van der Waals surface area (Å²) in [6.45, 7) is 1.17. The zero-order valence-corrected chi connectivity index (χ0v) is 13.2. The van der Waals surface area contributed by atoms with Crippen LogP contribution in [0, 0.1) is 11.6 Å². The van der Waals surface area contributed by atoms with Crippen LogP contribution < -0.4 is 10.6 Å². The lowest BCUT2D eigenvalue weighted by molar-refractivity contribution is -0.121. The van der Waals surface area contributed by atoms with Crippen LogP contribution in [0.5, 0.6) is 0 Å². The van der Waals surface area contributed by atoms with Gasteiger partial charge in [0.05, 0.1) is 29.2 Å². The fraction of sp³-hybridized carbons (Fsp3) is 0.429. The monoisotopic (exact) mass is 346 g/mol. The number of amides is 2. The van der Waals surface area contributed by atoms with Gasteiger partial charge in [-0.15, -0.1) is 0 Å². The number of nitrogens with one attached hydrogen (secondary N) is 2. The Morgan fingerprint density at radius 1 is 1.30 bits per heavy atom. The Labute approximate surface area is 132 Å². The molecule has 0 bridgehead atoms. The second-order valence-corrected chi connectivity index (χ2v) is 7.94. The molecule has 1 atom stereocenters. The van der Waals surface area contributed by atoms with E-state index < -0.39 is 45.4 Å². The van der Waals surface area contributed by atoms with Crippen molar-refractivity contribution >= 4 is 21.7 Å². The SMILES string of the molecule is CC1(NC(=O)CNC(=O)c2ccc(F)cc2F)CCS(=O)(=O)C1. The summed E-state index contributed by atoms with van der Waals surface area (Å²) < 4.78 is 49.1. The van der Waals surface area contributed by atoms with Gasteiger partial charge in [-0.3, -0.25) is 9.59 Å². The van der Waals surface area contributed by atoms with Crippen LogP contribution in [0.25, 0.3) is 0 Å². The molecule has 2 N–H and O–H groups in total. The summed E-state index contributed by atoms with van der Waals surface area (Å²) in [5.74, 6) is -3.45. The minimum absolute atomic E-state index is 0.00305. The molecule has 2 amide bonds. The Morgan fingerprint density at radius 2 is 2.00 bits per heavy atom. The quantitative estimate of drug-likeness (QED) is 0.825. The second kappa shape index (κ2) is 6.23. The van der Waals surface area contributed by atoms with E-state index in [1.165, 1.54) is 0 Å². The van der Waals surface area contributed by atoms with Gasteiger partial charge in [0.25, 0.3) is 5.91 Å². The average molecular weight is 346 g/mol. The molecule has 1 saturated heterocycles. The van der Waals surface area contributed by atoms with E-state index >= 15 is 0 Å². The van der Waals surface area contributed by atoms with Crippen LogP contribution in [-0.4, -0.2) is 43.8 Å². The average Bonchev–Trinajstić information content (AvgIpc) is 2.69. The van der Waals surface area contributed by atoms with Crippen molar-refractivity contribution in [3.05, 3.63) is 35.4 Å². The first-order chi connectivity index (χ1) is 10.6. The van der Waals surface area contributed by atoms with Crippen molar-refractivity contribution in [2.45, 2.75) is 18.9 Å². The summed E-state index contributed by atoms with van der Waals surface area (Å²) in [7, 11) is -3.17. The third kappa shape index (κ3) is 4.47. The Balaban J connectivity index is 1.90. The van der Waals surface area contributed by atoms with Gasteiger partial charge in [0.15, 0.2) is 9.84 Å². The number of carbonyl (C=O) groups excluding carboxylic acids is 2. The van der Waals surface area contributed by atoms with Crippen molar-refractivity contribution in [1.29, 1.82) is 0 Å². The van der Waals surface area contributed by atoms with Crippen LogP contribution in [0.4, 0.5) is 8.78 Å². The molecule has 2 rings (SSSR count). The summed E-state index contributed by atoms with van der Waals surface area (Å²) >= 11 is 0. The van der Waals surface area contributed by atoms with Gasteiger partial charge in [-0.05, 0) is 25.5 Å². The predicted molar refractivity (Wildman–Crippen MR) is 78.5 cm³/mol. The molecule has 1 aliphatic rings. The summed E-state index contributed by atoms with van der Waals surface area (Å²) in [5.41, 5.74) is -1.25. The predicted octanol–water partition coefficient (Wildman–Crippen LogP) is 0.388. The summed E-state index contributed by atoms with van der Waals surface area (Å²) in [6, 6.07) is 2.48. The van der Waals surface area contributed by atoms with E-state index in [0.717, 1.165) is 12.1 Å². The van der Waals surface area contributed by atoms with Gasteiger partial charge in [-0.25, -0.2) is 17.2 Å². The highest BCUT2D eigenvalue weighted by Gasteiger charge is 2.39. The number of carbonyl (C=O) groups is 2. The summed E-state index contributed by atoms with van der Waals surface area (Å²) in [6.07, 6.45) is 0.293. The first-order valence-corrected chi connectivity index (χ1v) is 8.67. The smallest absolute Gasteiger partial charge is 0.254 e. The number of benzene rings is 1. The Bertz CT molecular complexity index is 751. The maximum absolute atomic E-state index is 13.4. The molecular weight excluding hydrogens is 330 g/mol. The summed E-state index contributed by atoms with van der Waals surface area (Å²) in [4.78, 5) is 23.6. The van der Waals surface area contributed by atoms with Crippen molar-refractivity contribution in [3.63, 3.8) is 0 Å². The first kappa shape index (κ1) is 17.3. The van der Waals surface area contributed by atoms with E-state index in [2.05, 4.69) is 10.6 Å². The van der Waals surface area contributed by atoms with E-state index in [0.29, 0.717) is 12.5 Å². The van der Waals surface area contributed by atoms with E-state index in [4.69, 9.17) is 0 Å². The zero-order valence-electron chi connectivity index (χ0n) is 12.4. The number of rotatable bonds is 4. The molecular formula is C14H16F2N2O4S. The van der Waals surface area contributed by atoms with Gasteiger partial charge in [0, 0.05) is 6.07 Å². The molecule has 0 aromatic heterocycles. The molecule has 1 aromatic carbocycles. The molecule has 9 heteroatoms. The fourth-order valence-electron chi connectivity index (χ4n) is 2.42. The molecule has 1 unspecified atom stereocenters. The normalized spacial score (nSPS) is 22.6. The van der Waals surface area contributed by atoms with Gasteiger partial charge < -0.3 is 10.6 Å². The highest BCUT2D eigenvalue weighted by atomic mass is 32.2. The highest BCUT2D eigenvalue weighted by molar-refractivity contribution is 7.91. The minimum Gasteiger partial charge on any atom is -0.348 e. The number of sulfone groups is 1. The van der Waals surface area contributed by atoms with Crippen LogP contribution >= 0.6 is 0 Å². The van der Waals surface area contributed by atoms with Gasteiger partial charge in [0.2, 0.25) is 5.91 Å². The lowest BCUT2D eigenvalue weighted by Crippen LogP contribution is -2.50. The molecule has 0 aliphatic carbocycles.